The van der Waals surface area contributed by atoms with Crippen LogP contribution in [0.4, 0.5) is 0 Å². The zero-order valence-electron chi connectivity index (χ0n) is 15.7. The molecule has 1 aromatic heterocycles. The Balaban J connectivity index is 1.83. The van der Waals surface area contributed by atoms with Crippen molar-refractivity contribution >= 4 is 17.3 Å². The van der Waals surface area contributed by atoms with Gasteiger partial charge in [-0.2, -0.15) is 0 Å². The maximum absolute atomic E-state index is 5.52. The quantitative estimate of drug-likeness (QED) is 0.383. The highest BCUT2D eigenvalue weighted by atomic mass is 32.1. The van der Waals surface area contributed by atoms with Gasteiger partial charge in [-0.3, -0.25) is 4.99 Å². The summed E-state index contributed by atoms with van der Waals surface area (Å²) in [5.74, 6) is 0.945. The number of hydrogen-bond donors (Lipinski definition) is 2. The molecule has 24 heavy (non-hydrogen) atoms. The maximum Gasteiger partial charge on any atom is 0.191 e. The van der Waals surface area contributed by atoms with E-state index in [0.29, 0.717) is 11.5 Å². The molecule has 136 valence electrons. The highest BCUT2D eigenvalue weighted by molar-refractivity contribution is 7.11. The first-order valence-electron chi connectivity index (χ1n) is 9.25. The van der Waals surface area contributed by atoms with E-state index in [1.807, 2.05) is 11.3 Å². The van der Waals surface area contributed by atoms with Gasteiger partial charge in [-0.05, 0) is 64.5 Å². The number of thiophene rings is 1. The summed E-state index contributed by atoms with van der Waals surface area (Å²) in [4.78, 5) is 7.66. The van der Waals surface area contributed by atoms with Crippen LogP contribution in [0.1, 0.15) is 49.8 Å². The van der Waals surface area contributed by atoms with E-state index >= 15 is 0 Å². The normalized spacial score (nSPS) is 17.6. The molecular formula is C19H33N3OS. The Hall–Kier alpha value is -1.07. The van der Waals surface area contributed by atoms with Crippen LogP contribution >= 0.6 is 11.3 Å². The largest absolute Gasteiger partial charge is 0.382 e. The average molecular weight is 352 g/mol. The minimum atomic E-state index is 0.374. The first-order valence-corrected chi connectivity index (χ1v) is 10.1. The van der Waals surface area contributed by atoms with Gasteiger partial charge in [0.05, 0.1) is 0 Å². The molecule has 0 amide bonds. The molecule has 1 aliphatic rings. The van der Waals surface area contributed by atoms with Crippen molar-refractivity contribution in [2.75, 3.05) is 26.3 Å². The number of nitrogens with zero attached hydrogens (tertiary/aromatic N) is 1. The molecule has 2 N–H and O–H groups in total. The van der Waals surface area contributed by atoms with Gasteiger partial charge in [0.15, 0.2) is 5.96 Å². The topological polar surface area (TPSA) is 45.7 Å². The van der Waals surface area contributed by atoms with Crippen molar-refractivity contribution in [1.29, 1.82) is 0 Å². The van der Waals surface area contributed by atoms with Crippen molar-refractivity contribution in [3.8, 4) is 0 Å². The lowest BCUT2D eigenvalue weighted by Gasteiger charge is -2.19. The summed E-state index contributed by atoms with van der Waals surface area (Å²) in [6.07, 6.45) is 4.74. The van der Waals surface area contributed by atoms with Crippen molar-refractivity contribution in [2.45, 2.75) is 59.4 Å². The second kappa shape index (κ2) is 9.42. The molecule has 1 saturated carbocycles. The molecule has 0 spiro atoms. The van der Waals surface area contributed by atoms with E-state index < -0.39 is 0 Å². The summed E-state index contributed by atoms with van der Waals surface area (Å²) >= 11 is 1.88. The van der Waals surface area contributed by atoms with E-state index in [9.17, 15) is 0 Å². The Morgan fingerprint density at radius 2 is 2.17 bits per heavy atom. The van der Waals surface area contributed by atoms with Crippen molar-refractivity contribution in [3.05, 3.63) is 21.9 Å². The van der Waals surface area contributed by atoms with Gasteiger partial charge >= 0.3 is 0 Å². The second-order valence-corrected chi connectivity index (χ2v) is 8.28. The molecule has 1 atom stereocenters. The van der Waals surface area contributed by atoms with E-state index in [0.717, 1.165) is 45.1 Å². The summed E-state index contributed by atoms with van der Waals surface area (Å²) < 4.78 is 5.52. The molecule has 0 saturated heterocycles. The number of hydrogen-bond acceptors (Lipinski definition) is 3. The second-order valence-electron chi connectivity index (χ2n) is 6.90. The van der Waals surface area contributed by atoms with Crippen LogP contribution in [-0.2, 0) is 11.2 Å². The zero-order chi connectivity index (χ0) is 17.4. The average Bonchev–Trinajstić information content (AvgIpc) is 3.20. The van der Waals surface area contributed by atoms with Gasteiger partial charge < -0.3 is 15.4 Å². The highest BCUT2D eigenvalue weighted by Crippen LogP contribution is 2.49. The van der Waals surface area contributed by atoms with Crippen LogP contribution in [0.15, 0.2) is 17.1 Å². The number of rotatable bonds is 10. The third-order valence-corrected chi connectivity index (χ3v) is 5.56. The lowest BCUT2D eigenvalue weighted by molar-refractivity contribution is 0.129. The number of aliphatic imine (C=N–C) groups is 1. The summed E-state index contributed by atoms with van der Waals surface area (Å²) in [5, 5.41) is 6.94. The number of guanidine groups is 1. The standard InChI is InChI=1S/C19H33N3OS/c1-5-20-18(21-14-19(9-10-19)11-12-23-6-2)22-15(3)13-17-8-7-16(4)24-17/h7-8,15H,5-6,9-14H2,1-4H3,(H2,20,21,22). The molecule has 5 heteroatoms. The van der Waals surface area contributed by atoms with Crippen LogP contribution in [0.2, 0.25) is 0 Å². The molecule has 1 aliphatic carbocycles. The van der Waals surface area contributed by atoms with Crippen LogP contribution in [0, 0.1) is 12.3 Å². The van der Waals surface area contributed by atoms with Gasteiger partial charge in [-0.15, -0.1) is 11.3 Å². The fourth-order valence-corrected chi connectivity index (χ4v) is 3.86. The molecule has 0 aromatic carbocycles. The lowest BCUT2D eigenvalue weighted by atomic mass is 10.0. The van der Waals surface area contributed by atoms with Crippen molar-refractivity contribution in [1.82, 2.24) is 10.6 Å². The smallest absolute Gasteiger partial charge is 0.191 e. The van der Waals surface area contributed by atoms with E-state index in [4.69, 9.17) is 9.73 Å². The van der Waals surface area contributed by atoms with E-state index in [2.05, 4.69) is 50.5 Å². The van der Waals surface area contributed by atoms with Crippen molar-refractivity contribution in [3.63, 3.8) is 0 Å². The molecule has 0 aliphatic heterocycles. The molecule has 0 bridgehead atoms. The van der Waals surface area contributed by atoms with Crippen LogP contribution < -0.4 is 10.6 Å². The zero-order valence-corrected chi connectivity index (χ0v) is 16.5. The van der Waals surface area contributed by atoms with Crippen LogP contribution in [0.5, 0.6) is 0 Å². The third kappa shape index (κ3) is 6.44. The summed E-state index contributed by atoms with van der Waals surface area (Å²) in [6.45, 7) is 12.0. The predicted octanol–water partition coefficient (Wildman–Crippen LogP) is 3.75. The van der Waals surface area contributed by atoms with Crippen molar-refractivity contribution < 1.29 is 4.74 Å². The Morgan fingerprint density at radius 1 is 1.38 bits per heavy atom. The molecular weight excluding hydrogens is 318 g/mol. The van der Waals surface area contributed by atoms with Gasteiger partial charge in [0.25, 0.3) is 0 Å². The molecule has 2 rings (SSSR count). The number of nitrogens with one attached hydrogen (secondary N) is 2. The molecule has 0 radical (unpaired) electrons. The first-order chi connectivity index (χ1) is 11.6. The monoisotopic (exact) mass is 351 g/mol. The SMILES string of the molecule is CCNC(=NCC1(CCOCC)CC1)NC(C)Cc1ccc(C)s1. The van der Waals surface area contributed by atoms with E-state index in [1.165, 1.54) is 22.6 Å². The van der Waals surface area contributed by atoms with E-state index in [1.54, 1.807) is 0 Å². The summed E-state index contributed by atoms with van der Waals surface area (Å²) in [5.41, 5.74) is 0.394. The summed E-state index contributed by atoms with van der Waals surface area (Å²) in [6, 6.07) is 4.80. The molecule has 1 heterocycles. The number of aryl methyl sites for hydroxylation is 1. The third-order valence-electron chi connectivity index (χ3n) is 4.54. The fourth-order valence-electron chi connectivity index (χ4n) is 2.84. The van der Waals surface area contributed by atoms with Gasteiger partial charge in [0, 0.05) is 48.5 Å². The van der Waals surface area contributed by atoms with E-state index in [-0.39, 0.29) is 0 Å². The van der Waals surface area contributed by atoms with Gasteiger partial charge in [-0.1, -0.05) is 0 Å². The van der Waals surface area contributed by atoms with Crippen LogP contribution in [-0.4, -0.2) is 38.3 Å². The van der Waals surface area contributed by atoms with Crippen molar-refractivity contribution in [2.24, 2.45) is 10.4 Å². The Morgan fingerprint density at radius 3 is 2.75 bits per heavy atom. The molecule has 1 unspecified atom stereocenters. The van der Waals surface area contributed by atoms with Gasteiger partial charge in [0.1, 0.15) is 0 Å². The minimum Gasteiger partial charge on any atom is -0.382 e. The summed E-state index contributed by atoms with van der Waals surface area (Å²) in [7, 11) is 0. The Kier molecular flexibility index (Phi) is 7.56. The number of ether oxygens (including phenoxy) is 1. The van der Waals surface area contributed by atoms with Crippen LogP contribution in [0.3, 0.4) is 0 Å². The molecule has 1 aromatic rings. The Bertz CT molecular complexity index is 522. The highest BCUT2D eigenvalue weighted by Gasteiger charge is 2.41. The van der Waals surface area contributed by atoms with Gasteiger partial charge in [0.2, 0.25) is 0 Å². The minimum absolute atomic E-state index is 0.374. The lowest BCUT2D eigenvalue weighted by Crippen LogP contribution is -2.43. The van der Waals surface area contributed by atoms with Gasteiger partial charge in [-0.25, -0.2) is 0 Å². The molecule has 1 fully saturated rings. The van der Waals surface area contributed by atoms with Crippen LogP contribution in [0.25, 0.3) is 0 Å². The first kappa shape index (κ1) is 19.3. The molecule has 4 nitrogen and oxygen atoms in total. The predicted molar refractivity (Wildman–Crippen MR) is 104 cm³/mol. The fraction of sp³-hybridized carbons (Fsp3) is 0.737. The Labute approximate surface area is 151 Å². The maximum atomic E-state index is 5.52.